The van der Waals surface area contributed by atoms with Crippen molar-refractivity contribution in [1.29, 1.82) is 0 Å². The zero-order valence-corrected chi connectivity index (χ0v) is 9.78. The molecule has 0 heterocycles. The summed E-state index contributed by atoms with van der Waals surface area (Å²) in [5.41, 5.74) is 3.05. The number of amides is 1. The SMILES string of the molecule is NC1(C(=O)Nc2c([N+](=O)[O-])ccc(F)c2F)CCC1. The van der Waals surface area contributed by atoms with E-state index in [0.717, 1.165) is 12.5 Å². The molecule has 1 aromatic rings. The molecule has 0 aromatic heterocycles. The lowest BCUT2D eigenvalue weighted by Gasteiger charge is -2.36. The number of carbonyl (C=O) groups is 1. The fraction of sp³-hybridized carbons (Fsp3) is 0.364. The first-order chi connectivity index (χ1) is 8.85. The Morgan fingerprint density at radius 3 is 2.53 bits per heavy atom. The summed E-state index contributed by atoms with van der Waals surface area (Å²) in [6.07, 6.45) is 1.56. The molecule has 0 spiro atoms. The molecule has 1 aliphatic carbocycles. The van der Waals surface area contributed by atoms with E-state index in [1.165, 1.54) is 0 Å². The van der Waals surface area contributed by atoms with E-state index in [4.69, 9.17) is 5.73 Å². The first-order valence-corrected chi connectivity index (χ1v) is 5.58. The Bertz CT molecular complexity index is 558. The molecule has 0 atom stereocenters. The first-order valence-electron chi connectivity index (χ1n) is 5.58. The summed E-state index contributed by atoms with van der Waals surface area (Å²) in [6, 6.07) is 1.42. The van der Waals surface area contributed by atoms with Gasteiger partial charge in [-0.1, -0.05) is 0 Å². The van der Waals surface area contributed by atoms with Crippen LogP contribution in [0.15, 0.2) is 12.1 Å². The molecule has 8 heteroatoms. The number of nitrogens with one attached hydrogen (secondary N) is 1. The zero-order chi connectivity index (χ0) is 14.2. The van der Waals surface area contributed by atoms with Crippen LogP contribution < -0.4 is 11.1 Å². The highest BCUT2D eigenvalue weighted by Crippen LogP contribution is 2.33. The third kappa shape index (κ3) is 2.26. The van der Waals surface area contributed by atoms with Gasteiger partial charge in [-0.05, 0) is 25.3 Å². The van der Waals surface area contributed by atoms with E-state index in [1.807, 2.05) is 5.32 Å². The van der Waals surface area contributed by atoms with Crippen LogP contribution in [-0.4, -0.2) is 16.4 Å². The highest BCUT2D eigenvalue weighted by Gasteiger charge is 2.41. The van der Waals surface area contributed by atoms with Crippen molar-refractivity contribution in [1.82, 2.24) is 0 Å². The van der Waals surface area contributed by atoms with Crippen LogP contribution in [0.4, 0.5) is 20.2 Å². The molecule has 3 N–H and O–H groups in total. The second-order valence-electron chi connectivity index (χ2n) is 4.48. The Labute approximate surface area is 106 Å². The second-order valence-corrected chi connectivity index (χ2v) is 4.48. The van der Waals surface area contributed by atoms with Gasteiger partial charge in [0, 0.05) is 6.07 Å². The molecule has 1 aliphatic rings. The Morgan fingerprint density at radius 1 is 1.42 bits per heavy atom. The van der Waals surface area contributed by atoms with Crippen LogP contribution in [0.2, 0.25) is 0 Å². The van der Waals surface area contributed by atoms with E-state index in [-0.39, 0.29) is 0 Å². The second kappa shape index (κ2) is 4.54. The van der Waals surface area contributed by atoms with E-state index in [9.17, 15) is 23.7 Å². The van der Waals surface area contributed by atoms with E-state index in [2.05, 4.69) is 0 Å². The summed E-state index contributed by atoms with van der Waals surface area (Å²) in [6.45, 7) is 0. The van der Waals surface area contributed by atoms with Crippen LogP contribution in [0.25, 0.3) is 0 Å². The lowest BCUT2D eigenvalue weighted by molar-refractivity contribution is -0.384. The Morgan fingerprint density at radius 2 is 2.05 bits per heavy atom. The fourth-order valence-electron chi connectivity index (χ4n) is 1.83. The molecule has 0 radical (unpaired) electrons. The van der Waals surface area contributed by atoms with Gasteiger partial charge in [0.15, 0.2) is 17.3 Å². The standard InChI is InChI=1S/C11H11F2N3O3/c12-6-2-3-7(16(18)19)9(8(6)13)15-10(17)11(14)4-1-5-11/h2-3H,1,4-5,14H2,(H,15,17). The number of nitrogens with zero attached hydrogens (tertiary/aromatic N) is 1. The van der Waals surface area contributed by atoms with E-state index in [0.29, 0.717) is 18.9 Å². The summed E-state index contributed by atoms with van der Waals surface area (Å²) >= 11 is 0. The summed E-state index contributed by atoms with van der Waals surface area (Å²) in [4.78, 5) is 21.6. The van der Waals surface area contributed by atoms with Crippen molar-refractivity contribution in [3.8, 4) is 0 Å². The van der Waals surface area contributed by atoms with Gasteiger partial charge in [0.05, 0.1) is 10.5 Å². The van der Waals surface area contributed by atoms with Crippen LogP contribution >= 0.6 is 0 Å². The molecule has 0 unspecified atom stereocenters. The lowest BCUT2D eigenvalue weighted by Crippen LogP contribution is -2.56. The molecule has 0 saturated heterocycles. The largest absolute Gasteiger partial charge is 0.317 e. The minimum Gasteiger partial charge on any atom is -0.317 e. The number of nitro benzene ring substituents is 1. The average molecular weight is 271 g/mol. The third-order valence-corrected chi connectivity index (χ3v) is 3.21. The maximum absolute atomic E-state index is 13.6. The van der Waals surface area contributed by atoms with Crippen molar-refractivity contribution in [2.45, 2.75) is 24.8 Å². The fourth-order valence-corrected chi connectivity index (χ4v) is 1.83. The molecule has 1 amide bonds. The quantitative estimate of drug-likeness (QED) is 0.645. The number of rotatable bonds is 3. The molecule has 102 valence electrons. The average Bonchev–Trinajstić information content (AvgIpc) is 2.31. The van der Waals surface area contributed by atoms with E-state index >= 15 is 0 Å². The third-order valence-electron chi connectivity index (χ3n) is 3.21. The van der Waals surface area contributed by atoms with E-state index in [1.54, 1.807) is 0 Å². The highest BCUT2D eigenvalue weighted by molar-refractivity contribution is 6.00. The molecule has 1 saturated carbocycles. The number of nitro groups is 1. The van der Waals surface area contributed by atoms with Crippen molar-refractivity contribution in [2.75, 3.05) is 5.32 Å². The molecule has 6 nitrogen and oxygen atoms in total. The molecule has 19 heavy (non-hydrogen) atoms. The summed E-state index contributed by atoms with van der Waals surface area (Å²) in [5.74, 6) is -3.49. The number of anilines is 1. The Kier molecular flexibility index (Phi) is 3.19. The maximum Gasteiger partial charge on any atom is 0.296 e. The summed E-state index contributed by atoms with van der Waals surface area (Å²) < 4.78 is 26.6. The molecule has 1 fully saturated rings. The monoisotopic (exact) mass is 271 g/mol. The van der Waals surface area contributed by atoms with Gasteiger partial charge in [0.2, 0.25) is 5.91 Å². The highest BCUT2D eigenvalue weighted by atomic mass is 19.2. The number of halogens is 2. The first kappa shape index (κ1) is 13.3. The number of carbonyl (C=O) groups excluding carboxylic acids is 1. The molecule has 1 aromatic carbocycles. The maximum atomic E-state index is 13.6. The van der Waals surface area contributed by atoms with Crippen LogP contribution in [0, 0.1) is 21.7 Å². The minimum absolute atomic E-state index is 0.406. The molecule has 0 bridgehead atoms. The van der Waals surface area contributed by atoms with Gasteiger partial charge in [-0.3, -0.25) is 14.9 Å². The van der Waals surface area contributed by atoms with Crippen LogP contribution in [0.1, 0.15) is 19.3 Å². The smallest absolute Gasteiger partial charge is 0.296 e. The van der Waals surface area contributed by atoms with Gasteiger partial charge < -0.3 is 11.1 Å². The summed E-state index contributed by atoms with van der Waals surface area (Å²) in [7, 11) is 0. The van der Waals surface area contributed by atoms with Crippen LogP contribution in [0.5, 0.6) is 0 Å². The molecular formula is C11H11F2N3O3. The predicted molar refractivity (Wildman–Crippen MR) is 62.4 cm³/mol. The topological polar surface area (TPSA) is 98.3 Å². The zero-order valence-electron chi connectivity index (χ0n) is 9.78. The van der Waals surface area contributed by atoms with Gasteiger partial charge in [0.25, 0.3) is 5.69 Å². The number of hydrogen-bond acceptors (Lipinski definition) is 4. The Hall–Kier alpha value is -2.09. The Balaban J connectivity index is 2.35. The van der Waals surface area contributed by atoms with Crippen molar-refractivity contribution in [2.24, 2.45) is 5.73 Å². The van der Waals surface area contributed by atoms with Gasteiger partial charge >= 0.3 is 0 Å². The lowest BCUT2D eigenvalue weighted by atomic mass is 9.77. The van der Waals surface area contributed by atoms with Crippen LogP contribution in [0.3, 0.4) is 0 Å². The predicted octanol–water partition coefficient (Wildman–Crippen LogP) is 1.69. The van der Waals surface area contributed by atoms with Crippen molar-refractivity contribution >= 4 is 17.3 Å². The van der Waals surface area contributed by atoms with E-state index < -0.39 is 39.4 Å². The van der Waals surface area contributed by atoms with Gasteiger partial charge in [0.1, 0.15) is 0 Å². The van der Waals surface area contributed by atoms with Gasteiger partial charge in [-0.25, -0.2) is 8.78 Å². The normalized spacial score (nSPS) is 16.6. The van der Waals surface area contributed by atoms with Gasteiger partial charge in [-0.15, -0.1) is 0 Å². The van der Waals surface area contributed by atoms with Crippen LogP contribution in [-0.2, 0) is 4.79 Å². The molecular weight excluding hydrogens is 260 g/mol. The number of hydrogen-bond donors (Lipinski definition) is 2. The van der Waals surface area contributed by atoms with Crippen molar-refractivity contribution < 1.29 is 18.5 Å². The molecule has 2 rings (SSSR count). The number of benzene rings is 1. The van der Waals surface area contributed by atoms with Crippen molar-refractivity contribution in [3.05, 3.63) is 33.9 Å². The molecule has 0 aliphatic heterocycles. The number of nitrogens with two attached hydrogens (primary N) is 1. The van der Waals surface area contributed by atoms with Crippen molar-refractivity contribution in [3.63, 3.8) is 0 Å². The summed E-state index contributed by atoms with van der Waals surface area (Å²) in [5, 5.41) is 12.8. The van der Waals surface area contributed by atoms with Gasteiger partial charge in [-0.2, -0.15) is 0 Å². The minimum atomic E-state index is -1.47.